The first-order valence-corrected chi connectivity index (χ1v) is 10.7. The minimum atomic E-state index is -0.872. The van der Waals surface area contributed by atoms with Crippen LogP contribution in [0.3, 0.4) is 0 Å². The molecule has 2 aromatic heterocycles. The zero-order valence-corrected chi connectivity index (χ0v) is 18.0. The zero-order valence-electron chi connectivity index (χ0n) is 16.5. The molecule has 3 heterocycles. The van der Waals surface area contributed by atoms with Gasteiger partial charge in [0.15, 0.2) is 11.0 Å². The van der Waals surface area contributed by atoms with Gasteiger partial charge in [-0.3, -0.25) is 14.3 Å². The Labute approximate surface area is 182 Å². The number of carbonyl (C=O) groups excluding carboxylic acids is 2. The quantitative estimate of drug-likeness (QED) is 0.440. The van der Waals surface area contributed by atoms with Crippen LogP contribution in [0.15, 0.2) is 52.2 Å². The van der Waals surface area contributed by atoms with Crippen molar-refractivity contribution in [2.75, 3.05) is 12.3 Å². The summed E-state index contributed by atoms with van der Waals surface area (Å²) in [6.07, 6.45) is 1.62. The Bertz CT molecular complexity index is 1060. The molecule has 0 aliphatic carbocycles. The van der Waals surface area contributed by atoms with Crippen LogP contribution in [0, 0.1) is 0 Å². The number of nitrogens with zero attached hydrogens (tertiary/aromatic N) is 4. The molecule has 30 heavy (non-hydrogen) atoms. The predicted octanol–water partition coefficient (Wildman–Crippen LogP) is 3.66. The number of nitrogens with one attached hydrogen (secondary N) is 1. The van der Waals surface area contributed by atoms with Crippen LogP contribution in [-0.2, 0) is 11.3 Å². The van der Waals surface area contributed by atoms with Gasteiger partial charge < -0.3 is 9.73 Å². The van der Waals surface area contributed by atoms with Crippen molar-refractivity contribution in [1.29, 1.82) is 0 Å². The lowest BCUT2D eigenvalue weighted by molar-refractivity contribution is -0.130. The molecule has 10 heteroatoms. The summed E-state index contributed by atoms with van der Waals surface area (Å²) < 4.78 is 7.44. The first-order chi connectivity index (χ1) is 14.3. The molecule has 4 rings (SSSR count). The molecule has 1 aliphatic heterocycles. The van der Waals surface area contributed by atoms with Crippen molar-refractivity contribution < 1.29 is 14.0 Å². The first kappa shape index (κ1) is 20.5. The van der Waals surface area contributed by atoms with Crippen molar-refractivity contribution in [3.05, 3.63) is 53.4 Å². The highest BCUT2D eigenvalue weighted by atomic mass is 35.5. The van der Waals surface area contributed by atoms with E-state index in [9.17, 15) is 9.59 Å². The van der Waals surface area contributed by atoms with E-state index in [0.717, 1.165) is 11.3 Å². The number of amides is 3. The third kappa shape index (κ3) is 4.08. The van der Waals surface area contributed by atoms with E-state index in [0.29, 0.717) is 28.3 Å². The molecule has 156 valence electrons. The molecule has 3 amide bonds. The minimum Gasteiger partial charge on any atom is -0.467 e. The van der Waals surface area contributed by atoms with Gasteiger partial charge in [0.05, 0.1) is 12.8 Å². The number of hydrogen-bond acceptors (Lipinski definition) is 6. The number of aromatic nitrogens is 3. The SMILES string of the molecule is CC1(C)NC(=O)N(CCSc2nnc(-c3ccc(Cl)cc3)n2Cc2ccco2)C1=O. The van der Waals surface area contributed by atoms with Crippen molar-refractivity contribution in [2.24, 2.45) is 0 Å². The summed E-state index contributed by atoms with van der Waals surface area (Å²) in [5, 5.41) is 12.7. The third-order valence-corrected chi connectivity index (χ3v) is 5.90. The van der Waals surface area contributed by atoms with Crippen molar-refractivity contribution >= 4 is 35.3 Å². The fourth-order valence-corrected chi connectivity index (χ4v) is 4.15. The van der Waals surface area contributed by atoms with Crippen molar-refractivity contribution in [1.82, 2.24) is 25.0 Å². The number of thioether (sulfide) groups is 1. The van der Waals surface area contributed by atoms with Crippen LogP contribution in [0.25, 0.3) is 11.4 Å². The highest BCUT2D eigenvalue weighted by Crippen LogP contribution is 2.27. The Morgan fingerprint density at radius 1 is 1.17 bits per heavy atom. The zero-order chi connectivity index (χ0) is 21.3. The van der Waals surface area contributed by atoms with Crippen molar-refractivity contribution in [2.45, 2.75) is 31.1 Å². The molecule has 1 saturated heterocycles. The van der Waals surface area contributed by atoms with Crippen molar-refractivity contribution in [3.63, 3.8) is 0 Å². The van der Waals surface area contributed by atoms with Gasteiger partial charge in [-0.2, -0.15) is 0 Å². The number of furan rings is 1. The number of halogens is 1. The molecular weight excluding hydrogens is 426 g/mol. The summed E-state index contributed by atoms with van der Waals surface area (Å²) >= 11 is 7.43. The summed E-state index contributed by atoms with van der Waals surface area (Å²) in [5.41, 5.74) is 0.00386. The van der Waals surface area contributed by atoms with Gasteiger partial charge in [-0.15, -0.1) is 10.2 Å². The molecule has 1 aromatic carbocycles. The Balaban J connectivity index is 1.53. The normalized spacial score (nSPS) is 15.6. The number of carbonyl (C=O) groups is 2. The number of hydrogen-bond donors (Lipinski definition) is 1. The highest BCUT2D eigenvalue weighted by Gasteiger charge is 2.43. The van der Waals surface area contributed by atoms with Gasteiger partial charge in [0.25, 0.3) is 5.91 Å². The standard InChI is InChI=1S/C20H20ClN5O3S/c1-20(2)17(27)25(18(28)22-20)9-11-30-19-24-23-16(13-5-7-14(21)8-6-13)26(19)12-15-4-3-10-29-15/h3-8,10H,9,11-12H2,1-2H3,(H,22,28). The average molecular weight is 446 g/mol. The van der Waals surface area contributed by atoms with Crippen LogP contribution < -0.4 is 5.32 Å². The molecule has 8 nitrogen and oxygen atoms in total. The molecule has 3 aromatic rings. The van der Waals surface area contributed by atoms with E-state index in [-0.39, 0.29) is 18.5 Å². The molecule has 0 saturated carbocycles. The van der Waals surface area contributed by atoms with E-state index in [4.69, 9.17) is 16.0 Å². The van der Waals surface area contributed by atoms with Crippen LogP contribution in [-0.4, -0.2) is 49.4 Å². The maximum absolute atomic E-state index is 12.4. The van der Waals surface area contributed by atoms with E-state index in [1.54, 1.807) is 32.2 Å². The van der Waals surface area contributed by atoms with Crippen LogP contribution in [0.2, 0.25) is 5.02 Å². The molecule has 0 atom stereocenters. The summed E-state index contributed by atoms with van der Waals surface area (Å²) in [7, 11) is 0. The topological polar surface area (TPSA) is 93.3 Å². The summed E-state index contributed by atoms with van der Waals surface area (Å²) in [6, 6.07) is 10.7. The minimum absolute atomic E-state index is 0.230. The number of benzene rings is 1. The molecule has 0 bridgehead atoms. The molecule has 1 N–H and O–H groups in total. The lowest BCUT2D eigenvalue weighted by atomic mass is 10.1. The smallest absolute Gasteiger partial charge is 0.325 e. The lowest BCUT2D eigenvalue weighted by Gasteiger charge is -2.15. The van der Waals surface area contributed by atoms with Gasteiger partial charge in [0.2, 0.25) is 0 Å². The van der Waals surface area contributed by atoms with Gasteiger partial charge in [-0.1, -0.05) is 23.4 Å². The number of urea groups is 1. The molecular formula is C20H20ClN5O3S. The van der Waals surface area contributed by atoms with Gasteiger partial charge in [0, 0.05) is 22.9 Å². The lowest BCUT2D eigenvalue weighted by Crippen LogP contribution is -2.40. The van der Waals surface area contributed by atoms with Crippen LogP contribution in [0.5, 0.6) is 0 Å². The van der Waals surface area contributed by atoms with Crippen LogP contribution >= 0.6 is 23.4 Å². The third-order valence-electron chi connectivity index (χ3n) is 4.70. The van der Waals surface area contributed by atoms with Crippen molar-refractivity contribution in [3.8, 4) is 11.4 Å². The monoisotopic (exact) mass is 445 g/mol. The Kier molecular flexibility index (Phi) is 5.57. The van der Waals surface area contributed by atoms with Gasteiger partial charge in [-0.25, -0.2) is 4.79 Å². The summed E-state index contributed by atoms with van der Waals surface area (Å²) in [6.45, 7) is 4.12. The number of imide groups is 1. The molecule has 1 aliphatic rings. The Morgan fingerprint density at radius 3 is 2.57 bits per heavy atom. The maximum Gasteiger partial charge on any atom is 0.325 e. The largest absolute Gasteiger partial charge is 0.467 e. The van der Waals surface area contributed by atoms with E-state index in [1.165, 1.54) is 16.7 Å². The van der Waals surface area contributed by atoms with E-state index < -0.39 is 5.54 Å². The summed E-state index contributed by atoms with van der Waals surface area (Å²) in [4.78, 5) is 25.7. The molecule has 0 unspecified atom stereocenters. The second kappa shape index (κ2) is 8.16. The highest BCUT2D eigenvalue weighted by molar-refractivity contribution is 7.99. The van der Waals surface area contributed by atoms with Gasteiger partial charge in [-0.05, 0) is 50.2 Å². The first-order valence-electron chi connectivity index (χ1n) is 9.33. The predicted molar refractivity (Wildman–Crippen MR) is 113 cm³/mol. The van der Waals surface area contributed by atoms with Crippen LogP contribution in [0.1, 0.15) is 19.6 Å². The van der Waals surface area contributed by atoms with E-state index in [1.807, 2.05) is 28.8 Å². The molecule has 0 spiro atoms. The van der Waals surface area contributed by atoms with Crippen LogP contribution in [0.4, 0.5) is 4.79 Å². The van der Waals surface area contributed by atoms with Gasteiger partial charge >= 0.3 is 6.03 Å². The Morgan fingerprint density at radius 2 is 1.93 bits per heavy atom. The van der Waals surface area contributed by atoms with Gasteiger partial charge in [0.1, 0.15) is 11.3 Å². The Hall–Kier alpha value is -2.78. The second-order valence-electron chi connectivity index (χ2n) is 7.34. The van der Waals surface area contributed by atoms with E-state index in [2.05, 4.69) is 15.5 Å². The maximum atomic E-state index is 12.4. The van der Waals surface area contributed by atoms with E-state index >= 15 is 0 Å². The fourth-order valence-electron chi connectivity index (χ4n) is 3.16. The second-order valence-corrected chi connectivity index (χ2v) is 8.84. The molecule has 1 fully saturated rings. The molecule has 0 radical (unpaired) electrons. The fraction of sp³-hybridized carbons (Fsp3) is 0.300. The number of rotatable bonds is 7. The summed E-state index contributed by atoms with van der Waals surface area (Å²) in [5.74, 6) is 1.71. The average Bonchev–Trinajstić information content (AvgIpc) is 3.39.